The van der Waals surface area contributed by atoms with Crippen LogP contribution in [0.4, 0.5) is 5.69 Å². The number of rotatable bonds is 7. The molecular formula is C31H25BrN4O2S. The first-order valence-electron chi connectivity index (χ1n) is 12.5. The Morgan fingerprint density at radius 3 is 2.26 bits per heavy atom. The Kier molecular flexibility index (Phi) is 7.04. The van der Waals surface area contributed by atoms with Crippen LogP contribution in [0.25, 0.3) is 5.69 Å². The molecule has 0 bridgehead atoms. The van der Waals surface area contributed by atoms with Crippen LogP contribution in [-0.2, 0) is 0 Å². The topological polar surface area (TPSA) is 51.6 Å². The van der Waals surface area contributed by atoms with Crippen molar-refractivity contribution in [2.45, 2.75) is 12.1 Å². The van der Waals surface area contributed by atoms with Gasteiger partial charge in [0.15, 0.2) is 5.11 Å². The average molecular weight is 598 g/mol. The molecule has 0 radical (unpaired) electrons. The number of benzene rings is 3. The van der Waals surface area contributed by atoms with Crippen molar-refractivity contribution in [1.82, 2.24) is 14.9 Å². The summed E-state index contributed by atoms with van der Waals surface area (Å²) in [7, 11) is 1.65. The molecule has 1 N–H and O–H groups in total. The molecule has 0 unspecified atom stereocenters. The maximum Gasteiger partial charge on any atom is 0.174 e. The molecule has 0 saturated carbocycles. The molecule has 1 fully saturated rings. The molecular weight excluding hydrogens is 572 g/mol. The average Bonchev–Trinajstić information content (AvgIpc) is 3.59. The van der Waals surface area contributed by atoms with Crippen molar-refractivity contribution >= 4 is 38.9 Å². The Morgan fingerprint density at radius 2 is 1.56 bits per heavy atom. The van der Waals surface area contributed by atoms with Crippen molar-refractivity contribution in [3.05, 3.63) is 131 Å². The lowest BCUT2D eigenvalue weighted by Gasteiger charge is -2.29. The largest absolute Gasteiger partial charge is 0.497 e. The van der Waals surface area contributed by atoms with Crippen molar-refractivity contribution in [3.8, 4) is 22.9 Å². The van der Waals surface area contributed by atoms with E-state index in [0.29, 0.717) is 5.11 Å². The van der Waals surface area contributed by atoms with E-state index in [2.05, 4.69) is 66.2 Å². The van der Waals surface area contributed by atoms with Gasteiger partial charge in [-0.2, -0.15) is 0 Å². The summed E-state index contributed by atoms with van der Waals surface area (Å²) in [5, 5.41) is 4.18. The molecule has 2 aromatic heterocycles. The molecule has 39 heavy (non-hydrogen) atoms. The Labute approximate surface area is 241 Å². The second kappa shape index (κ2) is 10.9. The highest BCUT2D eigenvalue weighted by molar-refractivity contribution is 9.10. The van der Waals surface area contributed by atoms with E-state index in [1.54, 1.807) is 7.11 Å². The number of thiocarbonyl (C=S) groups is 1. The number of nitrogens with one attached hydrogen (secondary N) is 1. The first-order valence-corrected chi connectivity index (χ1v) is 13.7. The minimum absolute atomic E-state index is 0.144. The van der Waals surface area contributed by atoms with Gasteiger partial charge in [-0.3, -0.25) is 4.98 Å². The Morgan fingerprint density at radius 1 is 0.821 bits per heavy atom. The molecule has 0 aliphatic carbocycles. The zero-order valence-corrected chi connectivity index (χ0v) is 23.5. The second-order valence-electron chi connectivity index (χ2n) is 9.05. The van der Waals surface area contributed by atoms with E-state index in [-0.39, 0.29) is 12.1 Å². The third-order valence-corrected chi connectivity index (χ3v) is 7.49. The molecule has 3 aromatic carbocycles. The number of hydrogen-bond donors (Lipinski definition) is 1. The van der Waals surface area contributed by atoms with Crippen molar-refractivity contribution in [2.75, 3.05) is 12.0 Å². The summed E-state index contributed by atoms with van der Waals surface area (Å²) in [5.74, 6) is 2.26. The molecule has 8 heteroatoms. The van der Waals surface area contributed by atoms with Gasteiger partial charge in [0.05, 0.1) is 18.8 Å². The summed E-state index contributed by atoms with van der Waals surface area (Å²) < 4.78 is 14.5. The van der Waals surface area contributed by atoms with Gasteiger partial charge in [-0.1, -0.05) is 28.1 Å². The van der Waals surface area contributed by atoms with Crippen LogP contribution in [0.5, 0.6) is 17.2 Å². The molecule has 1 saturated heterocycles. The summed E-state index contributed by atoms with van der Waals surface area (Å²) in [6.07, 6.45) is 3.90. The molecule has 3 heterocycles. The fraction of sp³-hybridized carbons (Fsp3) is 0.0968. The fourth-order valence-electron chi connectivity index (χ4n) is 4.88. The summed E-state index contributed by atoms with van der Waals surface area (Å²) in [6.45, 7) is 0. The van der Waals surface area contributed by atoms with Crippen molar-refractivity contribution < 1.29 is 9.47 Å². The number of pyridine rings is 1. The smallest absolute Gasteiger partial charge is 0.174 e. The lowest BCUT2D eigenvalue weighted by atomic mass is 10.0. The maximum absolute atomic E-state index is 6.06. The lowest BCUT2D eigenvalue weighted by molar-refractivity contribution is 0.413. The van der Waals surface area contributed by atoms with Gasteiger partial charge in [-0.05, 0) is 103 Å². The molecule has 0 spiro atoms. The van der Waals surface area contributed by atoms with Crippen LogP contribution >= 0.6 is 28.1 Å². The summed E-state index contributed by atoms with van der Waals surface area (Å²) in [5.41, 5.74) is 4.04. The van der Waals surface area contributed by atoms with E-state index in [9.17, 15) is 0 Å². The number of halogens is 1. The molecule has 1 aliphatic heterocycles. The van der Waals surface area contributed by atoms with E-state index < -0.39 is 0 Å². The van der Waals surface area contributed by atoms with Gasteiger partial charge in [0.2, 0.25) is 0 Å². The lowest BCUT2D eigenvalue weighted by Crippen LogP contribution is -2.30. The second-order valence-corrected chi connectivity index (χ2v) is 10.4. The quantitative estimate of drug-likeness (QED) is 0.195. The standard InChI is InChI=1S/C31H25BrN4O2S/c1-37-24-14-16-26(17-15-24)38-25-12-10-22(11-13-25)36-30(29(34-31(36)39)27-8-2-3-18-33-27)28-9-5-19-35(28)23-7-4-6-21(32)20-23/h2-20,29-30H,1H3,(H,34,39)/t29-,30-/m1/s1. The summed E-state index contributed by atoms with van der Waals surface area (Å²) >= 11 is 9.54. The molecule has 6 nitrogen and oxygen atoms in total. The van der Waals surface area contributed by atoms with Crippen LogP contribution in [0.3, 0.4) is 0 Å². The normalized spacial score (nSPS) is 16.7. The number of hydrogen-bond acceptors (Lipinski definition) is 4. The number of aromatic nitrogens is 2. The highest BCUT2D eigenvalue weighted by Crippen LogP contribution is 2.42. The van der Waals surface area contributed by atoms with Gasteiger partial charge >= 0.3 is 0 Å². The number of ether oxygens (including phenoxy) is 2. The van der Waals surface area contributed by atoms with Gasteiger partial charge in [0, 0.05) is 33.9 Å². The van der Waals surface area contributed by atoms with Crippen LogP contribution in [0.1, 0.15) is 23.5 Å². The molecule has 0 amide bonds. The van der Waals surface area contributed by atoms with Gasteiger partial charge in [-0.15, -0.1) is 0 Å². The summed E-state index contributed by atoms with van der Waals surface area (Å²) in [6, 6.07) is 33.7. The summed E-state index contributed by atoms with van der Waals surface area (Å²) in [4.78, 5) is 6.84. The van der Waals surface area contributed by atoms with E-state index in [1.807, 2.05) is 85.1 Å². The van der Waals surface area contributed by atoms with Crippen molar-refractivity contribution in [1.29, 1.82) is 0 Å². The van der Waals surface area contributed by atoms with E-state index in [4.69, 9.17) is 21.7 Å². The van der Waals surface area contributed by atoms with E-state index in [1.165, 1.54) is 0 Å². The monoisotopic (exact) mass is 596 g/mol. The zero-order chi connectivity index (χ0) is 26.8. The van der Waals surface area contributed by atoms with Crippen molar-refractivity contribution in [3.63, 3.8) is 0 Å². The predicted octanol–water partition coefficient (Wildman–Crippen LogP) is 7.61. The minimum atomic E-state index is -0.144. The first-order chi connectivity index (χ1) is 19.1. The van der Waals surface area contributed by atoms with E-state index >= 15 is 0 Å². The molecule has 194 valence electrons. The van der Waals surface area contributed by atoms with Gasteiger partial charge in [0.25, 0.3) is 0 Å². The zero-order valence-electron chi connectivity index (χ0n) is 21.1. The number of anilines is 1. The Hall–Kier alpha value is -4.14. The Balaban J connectivity index is 1.37. The van der Waals surface area contributed by atoms with E-state index in [0.717, 1.165) is 44.5 Å². The SMILES string of the molecule is COc1ccc(Oc2ccc(N3C(=S)N[C@H](c4ccccn4)[C@H]3c3cccn3-c3cccc(Br)c3)cc2)cc1. The van der Waals surface area contributed by atoms with Gasteiger partial charge < -0.3 is 24.3 Å². The highest BCUT2D eigenvalue weighted by Gasteiger charge is 2.42. The van der Waals surface area contributed by atoms with Crippen LogP contribution in [-0.4, -0.2) is 21.8 Å². The molecule has 5 aromatic rings. The molecule has 2 atom stereocenters. The number of methoxy groups -OCH3 is 1. The van der Waals surface area contributed by atoms with Gasteiger partial charge in [0.1, 0.15) is 23.3 Å². The van der Waals surface area contributed by atoms with Crippen molar-refractivity contribution in [2.24, 2.45) is 0 Å². The first kappa shape index (κ1) is 25.2. The van der Waals surface area contributed by atoms with Crippen LogP contribution in [0.2, 0.25) is 0 Å². The third kappa shape index (κ3) is 5.13. The molecule has 1 aliphatic rings. The number of nitrogens with zero attached hydrogens (tertiary/aromatic N) is 3. The Bertz CT molecular complexity index is 1590. The van der Waals surface area contributed by atoms with Crippen LogP contribution in [0.15, 0.2) is 120 Å². The highest BCUT2D eigenvalue weighted by atomic mass is 79.9. The minimum Gasteiger partial charge on any atom is -0.497 e. The maximum atomic E-state index is 6.06. The predicted molar refractivity (Wildman–Crippen MR) is 161 cm³/mol. The van der Waals surface area contributed by atoms with Gasteiger partial charge in [-0.25, -0.2) is 0 Å². The molecule has 6 rings (SSSR count). The van der Waals surface area contributed by atoms with Crippen LogP contribution < -0.4 is 19.7 Å². The third-order valence-electron chi connectivity index (χ3n) is 6.68. The fourth-order valence-corrected chi connectivity index (χ4v) is 5.62. The van der Waals surface area contributed by atoms with Crippen LogP contribution in [0, 0.1) is 0 Å².